The summed E-state index contributed by atoms with van der Waals surface area (Å²) in [6.07, 6.45) is -1.11. The Kier molecular flexibility index (Phi) is 6.65. The molecule has 0 aliphatic carbocycles. The molecular weight excluding hydrogens is 472 g/mol. The lowest BCUT2D eigenvalue weighted by atomic mass is 10.1. The van der Waals surface area contributed by atoms with Crippen molar-refractivity contribution < 1.29 is 32.2 Å². The monoisotopic (exact) mass is 496 g/mol. The molecule has 1 atom stereocenters. The average molecular weight is 497 g/mol. The number of hydrogen-bond acceptors (Lipinski definition) is 7. The van der Waals surface area contributed by atoms with Crippen LogP contribution in [-0.4, -0.2) is 47.2 Å². The first-order chi connectivity index (χ1) is 16.7. The highest BCUT2D eigenvalue weighted by Gasteiger charge is 2.37. The Morgan fingerprint density at radius 2 is 1.69 bits per heavy atom. The summed E-state index contributed by atoms with van der Waals surface area (Å²) in [5.74, 6) is -0.213. The number of esters is 1. The number of amides is 1. The minimum Gasteiger partial charge on any atom is -0.497 e. The van der Waals surface area contributed by atoms with Crippen molar-refractivity contribution in [3.63, 3.8) is 0 Å². The molecule has 1 amide bonds. The van der Waals surface area contributed by atoms with Crippen molar-refractivity contribution in [2.24, 2.45) is 0 Å². The number of hydrogen-bond donors (Lipinski definition) is 1. The lowest BCUT2D eigenvalue weighted by Gasteiger charge is -2.35. The van der Waals surface area contributed by atoms with Crippen molar-refractivity contribution in [1.82, 2.24) is 0 Å². The number of sulfonamides is 1. The lowest BCUT2D eigenvalue weighted by molar-refractivity contribution is -0.122. The zero-order valence-electron chi connectivity index (χ0n) is 19.3. The zero-order valence-corrected chi connectivity index (χ0v) is 20.2. The van der Waals surface area contributed by atoms with E-state index in [9.17, 15) is 18.0 Å². The van der Waals surface area contributed by atoms with E-state index in [0.29, 0.717) is 22.7 Å². The van der Waals surface area contributed by atoms with Gasteiger partial charge in [-0.1, -0.05) is 6.07 Å². The molecule has 1 unspecified atom stereocenters. The molecule has 182 valence electrons. The maximum absolute atomic E-state index is 13.5. The quantitative estimate of drug-likeness (QED) is 0.521. The summed E-state index contributed by atoms with van der Waals surface area (Å²) in [7, 11) is -1.23. The molecular formula is C25H24N2O7S. The minimum absolute atomic E-state index is 0.0595. The van der Waals surface area contributed by atoms with Gasteiger partial charge in [-0.3, -0.25) is 9.10 Å². The van der Waals surface area contributed by atoms with Crippen LogP contribution in [0.25, 0.3) is 0 Å². The number of methoxy groups -OCH3 is 2. The molecule has 0 saturated heterocycles. The van der Waals surface area contributed by atoms with Gasteiger partial charge in [0.2, 0.25) is 0 Å². The first-order valence-corrected chi connectivity index (χ1v) is 12.1. The summed E-state index contributed by atoms with van der Waals surface area (Å²) in [6, 6.07) is 17.3. The van der Waals surface area contributed by atoms with E-state index in [0.717, 1.165) is 5.56 Å². The Morgan fingerprint density at radius 3 is 2.31 bits per heavy atom. The van der Waals surface area contributed by atoms with Crippen molar-refractivity contribution in [2.75, 3.05) is 30.4 Å². The molecule has 0 bridgehead atoms. The maximum atomic E-state index is 13.5. The topological polar surface area (TPSA) is 111 Å². The molecule has 0 saturated carbocycles. The molecule has 35 heavy (non-hydrogen) atoms. The van der Waals surface area contributed by atoms with Crippen molar-refractivity contribution >= 4 is 33.3 Å². The molecule has 0 fully saturated rings. The van der Waals surface area contributed by atoms with E-state index in [1.807, 2.05) is 6.92 Å². The zero-order chi connectivity index (χ0) is 25.2. The number of aryl methyl sites for hydroxylation is 1. The van der Waals surface area contributed by atoms with E-state index in [1.165, 1.54) is 42.8 Å². The van der Waals surface area contributed by atoms with Crippen LogP contribution in [0.4, 0.5) is 11.4 Å². The van der Waals surface area contributed by atoms with E-state index >= 15 is 0 Å². The minimum atomic E-state index is -4.00. The summed E-state index contributed by atoms with van der Waals surface area (Å²) in [5, 5.41) is 2.71. The van der Waals surface area contributed by atoms with Gasteiger partial charge in [0.25, 0.3) is 15.9 Å². The van der Waals surface area contributed by atoms with Crippen LogP contribution in [0.15, 0.2) is 71.6 Å². The highest BCUT2D eigenvalue weighted by molar-refractivity contribution is 7.92. The standard InChI is InChI=1S/C25H24N2O7S/c1-16-4-13-21-22(14-16)34-23(24(28)26-18-7-5-17(6-8-18)25(29)33-3)15-27(21)35(30,31)20-11-9-19(32-2)10-12-20/h4-14,23H,15H2,1-3H3,(H,26,28). The molecule has 0 spiro atoms. The Balaban J connectivity index is 1.62. The molecule has 1 aliphatic heterocycles. The van der Waals surface area contributed by atoms with E-state index in [1.54, 1.807) is 42.5 Å². The Bertz CT molecular complexity index is 1350. The van der Waals surface area contributed by atoms with Crippen LogP contribution in [0.3, 0.4) is 0 Å². The van der Waals surface area contributed by atoms with Crippen LogP contribution in [0, 0.1) is 6.92 Å². The van der Waals surface area contributed by atoms with Gasteiger partial charge in [-0.15, -0.1) is 0 Å². The van der Waals surface area contributed by atoms with Gasteiger partial charge < -0.3 is 19.5 Å². The van der Waals surface area contributed by atoms with E-state index in [4.69, 9.17) is 9.47 Å². The number of nitrogens with one attached hydrogen (secondary N) is 1. The van der Waals surface area contributed by atoms with Crippen LogP contribution in [0.5, 0.6) is 11.5 Å². The third kappa shape index (κ3) is 4.92. The Hall–Kier alpha value is -4.05. The summed E-state index contributed by atoms with van der Waals surface area (Å²) in [5.41, 5.74) is 1.95. The third-order valence-corrected chi connectivity index (χ3v) is 7.29. The van der Waals surface area contributed by atoms with Gasteiger partial charge in [-0.2, -0.15) is 0 Å². The predicted octanol–water partition coefficient (Wildman–Crippen LogP) is 3.39. The van der Waals surface area contributed by atoms with Gasteiger partial charge in [0, 0.05) is 5.69 Å². The molecule has 3 aromatic rings. The lowest BCUT2D eigenvalue weighted by Crippen LogP contribution is -2.48. The van der Waals surface area contributed by atoms with Crippen LogP contribution >= 0.6 is 0 Å². The molecule has 0 aromatic heterocycles. The van der Waals surface area contributed by atoms with E-state index < -0.39 is 28.0 Å². The summed E-state index contributed by atoms with van der Waals surface area (Å²) >= 11 is 0. The van der Waals surface area contributed by atoms with Crippen molar-refractivity contribution in [3.05, 3.63) is 77.9 Å². The highest BCUT2D eigenvalue weighted by Crippen LogP contribution is 2.38. The van der Waals surface area contributed by atoms with Gasteiger partial charge in [0.15, 0.2) is 6.10 Å². The maximum Gasteiger partial charge on any atom is 0.337 e. The first-order valence-electron chi connectivity index (χ1n) is 10.7. The van der Waals surface area contributed by atoms with Crippen LogP contribution in [-0.2, 0) is 19.6 Å². The molecule has 0 radical (unpaired) electrons. The van der Waals surface area contributed by atoms with Gasteiger partial charge in [0.1, 0.15) is 11.5 Å². The number of anilines is 2. The van der Waals surface area contributed by atoms with Crippen LogP contribution in [0.2, 0.25) is 0 Å². The van der Waals surface area contributed by atoms with Crippen molar-refractivity contribution in [1.29, 1.82) is 0 Å². The van der Waals surface area contributed by atoms with Crippen LogP contribution < -0.4 is 19.1 Å². The number of nitrogens with zero attached hydrogens (tertiary/aromatic N) is 1. The van der Waals surface area contributed by atoms with Gasteiger partial charge in [0.05, 0.1) is 36.9 Å². The first kappa shape index (κ1) is 24.1. The summed E-state index contributed by atoms with van der Waals surface area (Å²) in [6.45, 7) is 1.62. The second kappa shape index (κ2) is 9.67. The molecule has 10 heteroatoms. The number of benzene rings is 3. The smallest absolute Gasteiger partial charge is 0.337 e. The number of rotatable bonds is 6. The number of fused-ring (bicyclic) bond motifs is 1. The van der Waals surface area contributed by atoms with E-state index in [2.05, 4.69) is 10.1 Å². The molecule has 1 aliphatic rings. The number of carbonyl (C=O) groups excluding carboxylic acids is 2. The van der Waals surface area contributed by atoms with Crippen molar-refractivity contribution in [2.45, 2.75) is 17.9 Å². The number of ether oxygens (including phenoxy) is 3. The largest absolute Gasteiger partial charge is 0.497 e. The predicted molar refractivity (Wildman–Crippen MR) is 130 cm³/mol. The Morgan fingerprint density at radius 1 is 1.00 bits per heavy atom. The SMILES string of the molecule is COC(=O)c1ccc(NC(=O)C2CN(S(=O)(=O)c3ccc(OC)cc3)c3ccc(C)cc3O2)cc1. The fourth-order valence-electron chi connectivity index (χ4n) is 3.63. The molecule has 4 rings (SSSR count). The molecule has 3 aromatic carbocycles. The molecule has 9 nitrogen and oxygen atoms in total. The third-order valence-electron chi connectivity index (χ3n) is 5.50. The van der Waals surface area contributed by atoms with Gasteiger partial charge in [-0.25, -0.2) is 13.2 Å². The summed E-state index contributed by atoms with van der Waals surface area (Å²) < 4.78 is 44.0. The molecule has 1 N–H and O–H groups in total. The highest BCUT2D eigenvalue weighted by atomic mass is 32.2. The average Bonchev–Trinajstić information content (AvgIpc) is 2.87. The summed E-state index contributed by atoms with van der Waals surface area (Å²) in [4.78, 5) is 24.7. The molecule has 1 heterocycles. The normalized spacial score (nSPS) is 14.9. The van der Waals surface area contributed by atoms with Crippen molar-refractivity contribution in [3.8, 4) is 11.5 Å². The van der Waals surface area contributed by atoms with E-state index in [-0.39, 0.29) is 17.2 Å². The Labute approximate surface area is 203 Å². The van der Waals surface area contributed by atoms with Gasteiger partial charge in [-0.05, 0) is 73.2 Å². The van der Waals surface area contributed by atoms with Gasteiger partial charge >= 0.3 is 5.97 Å². The second-order valence-electron chi connectivity index (χ2n) is 7.85. The van der Waals surface area contributed by atoms with Crippen LogP contribution in [0.1, 0.15) is 15.9 Å². The fourth-order valence-corrected chi connectivity index (χ4v) is 5.11. The number of carbonyl (C=O) groups is 2. The second-order valence-corrected chi connectivity index (χ2v) is 9.71. The fraction of sp³-hybridized carbons (Fsp3) is 0.200.